The van der Waals surface area contributed by atoms with Gasteiger partial charge in [-0.1, -0.05) is 12.1 Å². The molecule has 0 spiro atoms. The Morgan fingerprint density at radius 1 is 1.26 bits per heavy atom. The summed E-state index contributed by atoms with van der Waals surface area (Å²) >= 11 is 0. The van der Waals surface area contributed by atoms with Crippen LogP contribution >= 0.6 is 0 Å². The molecule has 5 heteroatoms. The average Bonchev–Trinajstić information content (AvgIpc) is 2.44. The lowest BCUT2D eigenvalue weighted by atomic mass is 10.1. The van der Waals surface area contributed by atoms with E-state index in [-0.39, 0.29) is 0 Å². The number of aryl methyl sites for hydroxylation is 1. The third kappa shape index (κ3) is 5.18. The van der Waals surface area contributed by atoms with Crippen LogP contribution in [0.1, 0.15) is 11.1 Å². The lowest BCUT2D eigenvalue weighted by molar-refractivity contribution is 0.203. The van der Waals surface area contributed by atoms with Crippen molar-refractivity contribution in [2.24, 2.45) is 4.99 Å². The van der Waals surface area contributed by atoms with Gasteiger partial charge in [-0.2, -0.15) is 0 Å². The maximum absolute atomic E-state index is 5.31. The van der Waals surface area contributed by atoms with Crippen LogP contribution in [0.4, 0.5) is 0 Å². The van der Waals surface area contributed by atoms with Crippen LogP contribution in [0, 0.1) is 6.92 Å². The number of nitrogens with zero attached hydrogens (tertiary/aromatic N) is 1. The van der Waals surface area contributed by atoms with Gasteiger partial charge in [-0.25, -0.2) is 0 Å². The third-order valence-corrected chi connectivity index (χ3v) is 2.75. The molecule has 19 heavy (non-hydrogen) atoms. The minimum Gasteiger partial charge on any atom is -0.496 e. The fraction of sp³-hybridized carbons (Fsp3) is 0.500. The molecule has 0 saturated carbocycles. The van der Waals surface area contributed by atoms with E-state index in [0.717, 1.165) is 29.4 Å². The molecule has 0 aliphatic rings. The molecule has 5 nitrogen and oxygen atoms in total. The monoisotopic (exact) mass is 265 g/mol. The number of hydrogen-bond donors (Lipinski definition) is 2. The highest BCUT2D eigenvalue weighted by Gasteiger charge is 2.02. The highest BCUT2D eigenvalue weighted by molar-refractivity contribution is 5.79. The van der Waals surface area contributed by atoms with Gasteiger partial charge in [0.25, 0.3) is 0 Å². The van der Waals surface area contributed by atoms with E-state index >= 15 is 0 Å². The second-order valence-corrected chi connectivity index (χ2v) is 4.15. The molecule has 0 aliphatic heterocycles. The van der Waals surface area contributed by atoms with Gasteiger partial charge in [-0.3, -0.25) is 4.99 Å². The van der Waals surface area contributed by atoms with Gasteiger partial charge in [0.2, 0.25) is 0 Å². The van der Waals surface area contributed by atoms with E-state index in [4.69, 9.17) is 9.47 Å². The smallest absolute Gasteiger partial charge is 0.191 e. The first-order valence-electron chi connectivity index (χ1n) is 6.28. The molecule has 0 radical (unpaired) electrons. The number of methoxy groups -OCH3 is 2. The van der Waals surface area contributed by atoms with E-state index in [1.807, 2.05) is 13.0 Å². The van der Waals surface area contributed by atoms with Gasteiger partial charge in [-0.15, -0.1) is 0 Å². The molecule has 1 aromatic rings. The van der Waals surface area contributed by atoms with Crippen molar-refractivity contribution in [1.82, 2.24) is 10.6 Å². The van der Waals surface area contributed by atoms with Gasteiger partial charge >= 0.3 is 0 Å². The van der Waals surface area contributed by atoms with Gasteiger partial charge in [-0.05, 0) is 24.1 Å². The molecule has 0 amide bonds. The first-order chi connectivity index (χ1) is 9.21. The summed E-state index contributed by atoms with van der Waals surface area (Å²) < 4.78 is 10.3. The maximum Gasteiger partial charge on any atom is 0.191 e. The second-order valence-electron chi connectivity index (χ2n) is 4.15. The summed E-state index contributed by atoms with van der Waals surface area (Å²) in [7, 11) is 5.11. The zero-order valence-electron chi connectivity index (χ0n) is 12.1. The molecule has 0 bridgehead atoms. The van der Waals surface area contributed by atoms with Crippen molar-refractivity contribution in [3.05, 3.63) is 29.3 Å². The van der Waals surface area contributed by atoms with Crippen molar-refractivity contribution in [3.8, 4) is 5.75 Å². The Morgan fingerprint density at radius 2 is 2.05 bits per heavy atom. The summed E-state index contributed by atoms with van der Waals surface area (Å²) in [5.74, 6) is 1.67. The van der Waals surface area contributed by atoms with Crippen LogP contribution in [0.15, 0.2) is 23.2 Å². The Bertz CT molecular complexity index is 419. The maximum atomic E-state index is 5.31. The molecule has 0 aromatic heterocycles. The zero-order chi connectivity index (χ0) is 14.1. The van der Waals surface area contributed by atoms with Gasteiger partial charge in [0, 0.05) is 27.2 Å². The molecule has 2 N–H and O–H groups in total. The van der Waals surface area contributed by atoms with Crippen LogP contribution in [-0.2, 0) is 11.3 Å². The normalized spacial score (nSPS) is 11.3. The van der Waals surface area contributed by atoms with Crippen LogP contribution in [0.3, 0.4) is 0 Å². The van der Waals surface area contributed by atoms with Gasteiger partial charge in [0.15, 0.2) is 5.96 Å². The summed E-state index contributed by atoms with van der Waals surface area (Å²) in [6.07, 6.45) is 0. The molecule has 0 aliphatic carbocycles. The first-order valence-corrected chi connectivity index (χ1v) is 6.28. The van der Waals surface area contributed by atoms with Crippen molar-refractivity contribution in [3.63, 3.8) is 0 Å². The van der Waals surface area contributed by atoms with Crippen LogP contribution < -0.4 is 15.4 Å². The van der Waals surface area contributed by atoms with Crippen LogP contribution in [-0.4, -0.2) is 40.4 Å². The lowest BCUT2D eigenvalue weighted by Gasteiger charge is -2.12. The molecule has 0 heterocycles. The number of hydrogen-bond acceptors (Lipinski definition) is 3. The summed E-state index contributed by atoms with van der Waals surface area (Å²) in [5.41, 5.74) is 2.28. The Kier molecular flexibility index (Phi) is 6.74. The second kappa shape index (κ2) is 8.37. The predicted molar refractivity (Wildman–Crippen MR) is 77.8 cm³/mol. The van der Waals surface area contributed by atoms with E-state index in [2.05, 4.69) is 27.8 Å². The van der Waals surface area contributed by atoms with Crippen molar-refractivity contribution in [2.75, 3.05) is 34.4 Å². The van der Waals surface area contributed by atoms with Crippen LogP contribution in [0.5, 0.6) is 5.75 Å². The highest BCUT2D eigenvalue weighted by atomic mass is 16.5. The van der Waals surface area contributed by atoms with E-state index in [0.29, 0.717) is 13.2 Å². The topological polar surface area (TPSA) is 54.9 Å². The number of ether oxygens (including phenoxy) is 2. The first kappa shape index (κ1) is 15.3. The average molecular weight is 265 g/mol. The fourth-order valence-electron chi connectivity index (χ4n) is 1.65. The molecule has 0 saturated heterocycles. The molecule has 106 valence electrons. The predicted octanol–water partition coefficient (Wildman–Crippen LogP) is 1.32. The molecule has 1 aromatic carbocycles. The quantitative estimate of drug-likeness (QED) is 0.463. The van der Waals surface area contributed by atoms with E-state index in [9.17, 15) is 0 Å². The SMILES string of the molecule is CN=C(NCCOC)NCc1ccc(C)c(OC)c1. The molecular formula is C14H23N3O2. The molecule has 1 rings (SSSR count). The summed E-state index contributed by atoms with van der Waals surface area (Å²) in [4.78, 5) is 4.14. The van der Waals surface area contributed by atoms with E-state index < -0.39 is 0 Å². The highest BCUT2D eigenvalue weighted by Crippen LogP contribution is 2.18. The standard InChI is InChI=1S/C14H23N3O2/c1-11-5-6-12(9-13(11)19-4)10-17-14(15-2)16-7-8-18-3/h5-6,9H,7-8,10H2,1-4H3,(H2,15,16,17). The molecular weight excluding hydrogens is 242 g/mol. The van der Waals surface area contributed by atoms with Crippen LogP contribution in [0.25, 0.3) is 0 Å². The molecule has 0 unspecified atom stereocenters. The summed E-state index contributed by atoms with van der Waals surface area (Å²) in [6, 6.07) is 6.16. The fourth-order valence-corrected chi connectivity index (χ4v) is 1.65. The molecule has 0 atom stereocenters. The third-order valence-electron chi connectivity index (χ3n) is 2.75. The van der Waals surface area contributed by atoms with Gasteiger partial charge in [0.1, 0.15) is 5.75 Å². The zero-order valence-corrected chi connectivity index (χ0v) is 12.1. The van der Waals surface area contributed by atoms with Gasteiger partial charge < -0.3 is 20.1 Å². The molecule has 0 fully saturated rings. The van der Waals surface area contributed by atoms with Crippen molar-refractivity contribution in [2.45, 2.75) is 13.5 Å². The van der Waals surface area contributed by atoms with Crippen molar-refractivity contribution in [1.29, 1.82) is 0 Å². The van der Waals surface area contributed by atoms with Crippen LogP contribution in [0.2, 0.25) is 0 Å². The Labute approximate surface area is 115 Å². The van der Waals surface area contributed by atoms with E-state index in [1.54, 1.807) is 21.3 Å². The minimum atomic E-state index is 0.652. The minimum absolute atomic E-state index is 0.652. The summed E-state index contributed by atoms with van der Waals surface area (Å²) in [6.45, 7) is 4.11. The largest absolute Gasteiger partial charge is 0.496 e. The van der Waals surface area contributed by atoms with E-state index in [1.165, 1.54) is 0 Å². The lowest BCUT2D eigenvalue weighted by Crippen LogP contribution is -2.38. The number of nitrogens with one attached hydrogen (secondary N) is 2. The van der Waals surface area contributed by atoms with Gasteiger partial charge in [0.05, 0.1) is 13.7 Å². The van der Waals surface area contributed by atoms with Crippen molar-refractivity contribution >= 4 is 5.96 Å². The number of guanidine groups is 1. The number of aliphatic imine (C=N–C) groups is 1. The summed E-state index contributed by atoms with van der Waals surface area (Å²) in [5, 5.41) is 6.41. The van der Waals surface area contributed by atoms with Crippen molar-refractivity contribution < 1.29 is 9.47 Å². The number of rotatable bonds is 6. The Morgan fingerprint density at radius 3 is 2.68 bits per heavy atom. The number of benzene rings is 1. The Hall–Kier alpha value is -1.75. The Balaban J connectivity index is 2.50.